The molecular weight excluding hydrogens is 424 g/mol. The van der Waals surface area contributed by atoms with E-state index in [1.165, 1.54) is 18.2 Å². The molecule has 0 radical (unpaired) electrons. The SMILES string of the molecule is CC.CC(NC(=O)C1CCCN1C(=O)C(N)C(C)C)c1ccc(-c2c(F)cccc2F)cc1. The molecular formula is C26H35F2N3O2. The highest BCUT2D eigenvalue weighted by molar-refractivity contribution is 5.90. The first-order valence-electron chi connectivity index (χ1n) is 11.6. The molecule has 2 amide bonds. The lowest BCUT2D eigenvalue weighted by Crippen LogP contribution is -2.52. The van der Waals surface area contributed by atoms with Crippen molar-refractivity contribution >= 4 is 11.8 Å². The van der Waals surface area contributed by atoms with Crippen molar-refractivity contribution in [2.75, 3.05) is 6.54 Å². The van der Waals surface area contributed by atoms with Crippen molar-refractivity contribution in [3.8, 4) is 11.1 Å². The Hall–Kier alpha value is -2.80. The Kier molecular flexibility index (Phi) is 9.53. The molecule has 1 aliphatic heterocycles. The summed E-state index contributed by atoms with van der Waals surface area (Å²) in [6, 6.07) is 9.00. The fourth-order valence-corrected chi connectivity index (χ4v) is 3.88. The highest BCUT2D eigenvalue weighted by atomic mass is 19.1. The van der Waals surface area contributed by atoms with Crippen LogP contribution in [0, 0.1) is 17.6 Å². The third-order valence-electron chi connectivity index (χ3n) is 5.86. The Morgan fingerprint density at radius 2 is 1.61 bits per heavy atom. The number of amides is 2. The minimum Gasteiger partial charge on any atom is -0.348 e. The second-order valence-electron chi connectivity index (χ2n) is 8.41. The van der Waals surface area contributed by atoms with Crippen molar-refractivity contribution in [3.05, 3.63) is 59.7 Å². The molecule has 3 rings (SSSR count). The highest BCUT2D eigenvalue weighted by Crippen LogP contribution is 2.27. The molecule has 2 aromatic rings. The van der Waals surface area contributed by atoms with Gasteiger partial charge in [0, 0.05) is 6.54 Å². The summed E-state index contributed by atoms with van der Waals surface area (Å²) in [7, 11) is 0. The lowest BCUT2D eigenvalue weighted by molar-refractivity contribution is -0.140. The first-order chi connectivity index (χ1) is 15.7. The van der Waals surface area contributed by atoms with E-state index in [0.29, 0.717) is 18.5 Å². The van der Waals surface area contributed by atoms with E-state index in [4.69, 9.17) is 5.73 Å². The summed E-state index contributed by atoms with van der Waals surface area (Å²) in [5.41, 5.74) is 7.14. The van der Waals surface area contributed by atoms with Crippen molar-refractivity contribution < 1.29 is 18.4 Å². The second-order valence-corrected chi connectivity index (χ2v) is 8.41. The summed E-state index contributed by atoms with van der Waals surface area (Å²) in [6.45, 7) is 10.1. The number of rotatable bonds is 6. The summed E-state index contributed by atoms with van der Waals surface area (Å²) in [4.78, 5) is 27.1. The van der Waals surface area contributed by atoms with Crippen LogP contribution >= 0.6 is 0 Å². The fraction of sp³-hybridized carbons (Fsp3) is 0.462. The van der Waals surface area contributed by atoms with Crippen molar-refractivity contribution in [2.24, 2.45) is 11.7 Å². The number of carbonyl (C=O) groups excluding carboxylic acids is 2. The quantitative estimate of drug-likeness (QED) is 0.651. The van der Waals surface area contributed by atoms with Gasteiger partial charge >= 0.3 is 0 Å². The van der Waals surface area contributed by atoms with Crippen LogP contribution in [0.3, 0.4) is 0 Å². The van der Waals surface area contributed by atoms with Crippen LogP contribution in [-0.4, -0.2) is 35.3 Å². The molecule has 3 N–H and O–H groups in total. The van der Waals surface area contributed by atoms with Gasteiger partial charge in [-0.25, -0.2) is 8.78 Å². The maximum absolute atomic E-state index is 14.0. The monoisotopic (exact) mass is 459 g/mol. The predicted molar refractivity (Wildman–Crippen MR) is 127 cm³/mol. The van der Waals surface area contributed by atoms with Gasteiger partial charge in [0.1, 0.15) is 17.7 Å². The van der Waals surface area contributed by atoms with E-state index in [1.807, 2.05) is 34.6 Å². The van der Waals surface area contributed by atoms with E-state index in [-0.39, 0.29) is 29.3 Å². The molecule has 33 heavy (non-hydrogen) atoms. The van der Waals surface area contributed by atoms with Crippen molar-refractivity contribution in [1.29, 1.82) is 0 Å². The second kappa shape index (κ2) is 11.9. The average molecular weight is 460 g/mol. The van der Waals surface area contributed by atoms with E-state index in [0.717, 1.165) is 12.0 Å². The van der Waals surface area contributed by atoms with Crippen molar-refractivity contribution in [2.45, 2.75) is 65.6 Å². The van der Waals surface area contributed by atoms with Crippen molar-refractivity contribution in [3.63, 3.8) is 0 Å². The van der Waals surface area contributed by atoms with Gasteiger partial charge in [0.25, 0.3) is 0 Å². The Morgan fingerprint density at radius 3 is 2.15 bits per heavy atom. The number of nitrogens with zero attached hydrogens (tertiary/aromatic N) is 1. The van der Waals surface area contributed by atoms with Crippen LogP contribution in [-0.2, 0) is 9.59 Å². The third kappa shape index (κ3) is 6.16. The van der Waals surface area contributed by atoms with Gasteiger partial charge in [0.2, 0.25) is 11.8 Å². The van der Waals surface area contributed by atoms with Crippen LogP contribution in [0.2, 0.25) is 0 Å². The molecule has 0 bridgehead atoms. The topological polar surface area (TPSA) is 75.4 Å². The minimum atomic E-state index is -0.628. The summed E-state index contributed by atoms with van der Waals surface area (Å²) in [6.07, 6.45) is 1.35. The molecule has 3 atom stereocenters. The Morgan fingerprint density at radius 1 is 1.03 bits per heavy atom. The number of nitrogens with one attached hydrogen (secondary N) is 1. The molecule has 0 aromatic heterocycles. The molecule has 0 spiro atoms. The summed E-state index contributed by atoms with van der Waals surface area (Å²) < 4.78 is 28.0. The molecule has 1 aliphatic rings. The molecule has 0 aliphatic carbocycles. The summed E-state index contributed by atoms with van der Waals surface area (Å²) in [5, 5.41) is 2.95. The normalized spacial score (nSPS) is 17.2. The number of benzene rings is 2. The molecule has 7 heteroatoms. The van der Waals surface area contributed by atoms with Crippen LogP contribution in [0.15, 0.2) is 42.5 Å². The fourth-order valence-electron chi connectivity index (χ4n) is 3.88. The minimum absolute atomic E-state index is 0.00598. The van der Waals surface area contributed by atoms with Crippen LogP contribution in [0.1, 0.15) is 59.1 Å². The zero-order chi connectivity index (χ0) is 24.7. The Balaban J connectivity index is 0.00000187. The van der Waals surface area contributed by atoms with Gasteiger partial charge in [-0.15, -0.1) is 0 Å². The van der Waals surface area contributed by atoms with Crippen LogP contribution < -0.4 is 11.1 Å². The van der Waals surface area contributed by atoms with Crippen LogP contribution in [0.25, 0.3) is 11.1 Å². The lowest BCUT2D eigenvalue weighted by atomic mass is 10.00. The van der Waals surface area contributed by atoms with E-state index in [2.05, 4.69) is 5.32 Å². The van der Waals surface area contributed by atoms with Gasteiger partial charge in [-0.05, 0) is 48.9 Å². The number of carbonyl (C=O) groups is 2. The average Bonchev–Trinajstić information content (AvgIpc) is 3.30. The Bertz CT molecular complexity index is 927. The predicted octanol–water partition coefficient (Wildman–Crippen LogP) is 4.81. The number of halogens is 2. The first kappa shape index (κ1) is 26.5. The van der Waals surface area contributed by atoms with Gasteiger partial charge in [0.15, 0.2) is 0 Å². The maximum atomic E-state index is 14.0. The van der Waals surface area contributed by atoms with Gasteiger partial charge in [-0.2, -0.15) is 0 Å². The van der Waals surface area contributed by atoms with E-state index in [1.54, 1.807) is 29.2 Å². The van der Waals surface area contributed by atoms with Crippen LogP contribution in [0.5, 0.6) is 0 Å². The summed E-state index contributed by atoms with van der Waals surface area (Å²) >= 11 is 0. The zero-order valence-electron chi connectivity index (χ0n) is 20.1. The van der Waals surface area contributed by atoms with E-state index in [9.17, 15) is 18.4 Å². The van der Waals surface area contributed by atoms with Crippen LogP contribution in [0.4, 0.5) is 8.78 Å². The molecule has 1 fully saturated rings. The third-order valence-corrected chi connectivity index (χ3v) is 5.86. The maximum Gasteiger partial charge on any atom is 0.243 e. The summed E-state index contributed by atoms with van der Waals surface area (Å²) in [5.74, 6) is -1.68. The van der Waals surface area contributed by atoms with Gasteiger partial charge in [-0.1, -0.05) is 58.0 Å². The standard InChI is InChI=1S/C24H29F2N3O2.C2H6/c1-14(2)22(27)24(31)29-13-5-8-20(29)23(30)28-15(3)16-9-11-17(12-10-16)21-18(25)6-4-7-19(21)26;1-2/h4,6-7,9-12,14-15,20,22H,5,8,13,27H2,1-3H3,(H,28,30);1-2H3. The first-order valence-corrected chi connectivity index (χ1v) is 11.6. The van der Waals surface area contributed by atoms with Gasteiger partial charge in [-0.3, -0.25) is 9.59 Å². The van der Waals surface area contributed by atoms with Gasteiger partial charge < -0.3 is 16.0 Å². The van der Waals surface area contributed by atoms with E-state index < -0.39 is 23.7 Å². The molecule has 0 saturated carbocycles. The smallest absolute Gasteiger partial charge is 0.243 e. The molecule has 2 aromatic carbocycles. The molecule has 5 nitrogen and oxygen atoms in total. The van der Waals surface area contributed by atoms with E-state index >= 15 is 0 Å². The number of hydrogen-bond acceptors (Lipinski definition) is 3. The Labute approximate surface area is 195 Å². The molecule has 1 heterocycles. The number of nitrogens with two attached hydrogens (primary N) is 1. The number of hydrogen-bond donors (Lipinski definition) is 2. The molecule has 3 unspecified atom stereocenters. The number of likely N-dealkylation sites (tertiary alicyclic amines) is 1. The lowest BCUT2D eigenvalue weighted by Gasteiger charge is -2.29. The molecule has 180 valence electrons. The molecule has 1 saturated heterocycles. The van der Waals surface area contributed by atoms with Crippen molar-refractivity contribution in [1.82, 2.24) is 10.2 Å². The highest BCUT2D eigenvalue weighted by Gasteiger charge is 2.37. The largest absolute Gasteiger partial charge is 0.348 e. The zero-order valence-corrected chi connectivity index (χ0v) is 20.1. The van der Waals surface area contributed by atoms with Gasteiger partial charge in [0.05, 0.1) is 17.6 Å².